The molecule has 0 radical (unpaired) electrons. The lowest BCUT2D eigenvalue weighted by Gasteiger charge is -1.96. The molecule has 0 spiro atoms. The number of nitrogens with zero attached hydrogens (tertiary/aromatic N) is 2. The predicted octanol–water partition coefficient (Wildman–Crippen LogP) is 1.10. The number of carbonyl (C=O) groups excluding carboxylic acids is 2. The van der Waals surface area contributed by atoms with E-state index in [1.807, 2.05) is 6.07 Å². The molecule has 0 atom stereocenters. The molecule has 1 aromatic heterocycles. The molecule has 82 valence electrons. The first-order valence-electron chi connectivity index (χ1n) is 4.53. The molecule has 2 aromatic rings. The normalized spacial score (nSPS) is 10.6. The Balaban J connectivity index is 2.75. The molecule has 0 aliphatic carbocycles. The molecular formula is C10H8BrN3O2. The van der Waals surface area contributed by atoms with Gasteiger partial charge in [-0.3, -0.25) is 9.48 Å². The van der Waals surface area contributed by atoms with Crippen molar-refractivity contribution in [2.45, 2.75) is 6.54 Å². The van der Waals surface area contributed by atoms with Crippen LogP contribution in [0.2, 0.25) is 0 Å². The molecule has 0 aliphatic heterocycles. The van der Waals surface area contributed by atoms with E-state index in [2.05, 4.69) is 21.0 Å². The van der Waals surface area contributed by atoms with Crippen molar-refractivity contribution >= 4 is 39.0 Å². The van der Waals surface area contributed by atoms with E-state index in [0.29, 0.717) is 10.9 Å². The highest BCUT2D eigenvalue weighted by Crippen LogP contribution is 2.22. The number of amides is 1. The molecule has 5 nitrogen and oxygen atoms in total. The Kier molecular flexibility index (Phi) is 2.74. The minimum absolute atomic E-state index is 0.103. The number of rotatable bonds is 3. The van der Waals surface area contributed by atoms with Crippen molar-refractivity contribution in [3.8, 4) is 0 Å². The fraction of sp³-hybridized carbons (Fsp3) is 0.100. The van der Waals surface area contributed by atoms with Crippen molar-refractivity contribution in [2.24, 2.45) is 5.73 Å². The molecule has 16 heavy (non-hydrogen) atoms. The number of hydrogen-bond acceptors (Lipinski definition) is 3. The minimum Gasteiger partial charge on any atom is -0.364 e. The van der Waals surface area contributed by atoms with Gasteiger partial charge in [-0.15, -0.1) is 0 Å². The monoisotopic (exact) mass is 281 g/mol. The number of hydrogen-bond donors (Lipinski definition) is 1. The number of carbonyl (C=O) groups is 2. The summed E-state index contributed by atoms with van der Waals surface area (Å²) in [6.45, 7) is 0.103. The average Bonchev–Trinajstić information content (AvgIpc) is 2.57. The maximum absolute atomic E-state index is 11.2. The van der Waals surface area contributed by atoms with E-state index >= 15 is 0 Å². The molecule has 2 rings (SSSR count). The molecule has 0 saturated heterocycles. The predicted molar refractivity (Wildman–Crippen MR) is 62.0 cm³/mol. The van der Waals surface area contributed by atoms with Gasteiger partial charge in [0.1, 0.15) is 6.29 Å². The number of primary amides is 1. The van der Waals surface area contributed by atoms with Crippen LogP contribution in [-0.4, -0.2) is 22.0 Å². The molecule has 0 unspecified atom stereocenters. The zero-order valence-corrected chi connectivity index (χ0v) is 9.77. The Morgan fingerprint density at radius 3 is 2.94 bits per heavy atom. The Morgan fingerprint density at radius 1 is 1.56 bits per heavy atom. The molecule has 0 aliphatic rings. The first-order chi connectivity index (χ1) is 7.63. The van der Waals surface area contributed by atoms with Crippen molar-refractivity contribution in [1.29, 1.82) is 0 Å². The molecule has 0 fully saturated rings. The van der Waals surface area contributed by atoms with Gasteiger partial charge < -0.3 is 10.5 Å². The standard InChI is InChI=1S/C10H8BrN3O2/c11-6-1-2-8-7(5-6)9(10(12)16)13-14(8)3-4-15/h1-2,4-5H,3H2,(H2,12,16). The zero-order valence-electron chi connectivity index (χ0n) is 8.18. The number of fused-ring (bicyclic) bond motifs is 1. The van der Waals surface area contributed by atoms with Crippen molar-refractivity contribution in [3.05, 3.63) is 28.4 Å². The van der Waals surface area contributed by atoms with Crippen LogP contribution >= 0.6 is 15.9 Å². The van der Waals surface area contributed by atoms with Gasteiger partial charge in [0.15, 0.2) is 5.69 Å². The minimum atomic E-state index is -0.604. The summed E-state index contributed by atoms with van der Waals surface area (Å²) in [6.07, 6.45) is 0.721. The maximum atomic E-state index is 11.2. The summed E-state index contributed by atoms with van der Waals surface area (Å²) in [5.41, 5.74) is 6.11. The van der Waals surface area contributed by atoms with Crippen molar-refractivity contribution in [1.82, 2.24) is 9.78 Å². The van der Waals surface area contributed by atoms with E-state index in [1.165, 1.54) is 4.68 Å². The summed E-state index contributed by atoms with van der Waals surface area (Å²) in [5, 5.41) is 4.65. The van der Waals surface area contributed by atoms with Gasteiger partial charge in [-0.05, 0) is 18.2 Å². The van der Waals surface area contributed by atoms with Crippen molar-refractivity contribution < 1.29 is 9.59 Å². The summed E-state index contributed by atoms with van der Waals surface area (Å²) in [7, 11) is 0. The molecular weight excluding hydrogens is 274 g/mol. The first kappa shape index (κ1) is 10.8. The lowest BCUT2D eigenvalue weighted by Crippen LogP contribution is -2.13. The van der Waals surface area contributed by atoms with Gasteiger partial charge in [-0.1, -0.05) is 15.9 Å². The quantitative estimate of drug-likeness (QED) is 0.856. The van der Waals surface area contributed by atoms with Crippen molar-refractivity contribution in [2.75, 3.05) is 0 Å². The van der Waals surface area contributed by atoms with Gasteiger partial charge in [0.05, 0.1) is 12.1 Å². The molecule has 6 heteroatoms. The number of aromatic nitrogens is 2. The third-order valence-electron chi connectivity index (χ3n) is 2.19. The molecule has 0 bridgehead atoms. The van der Waals surface area contributed by atoms with Gasteiger partial charge >= 0.3 is 0 Å². The van der Waals surface area contributed by atoms with Crippen LogP contribution in [0.4, 0.5) is 0 Å². The van der Waals surface area contributed by atoms with E-state index in [0.717, 1.165) is 10.8 Å². The molecule has 1 heterocycles. The lowest BCUT2D eigenvalue weighted by molar-refractivity contribution is -0.108. The molecule has 1 aromatic carbocycles. The van der Waals surface area contributed by atoms with Gasteiger partial charge in [0.25, 0.3) is 5.91 Å². The van der Waals surface area contributed by atoms with E-state index in [-0.39, 0.29) is 12.2 Å². The Bertz CT molecular complexity index is 577. The summed E-state index contributed by atoms with van der Waals surface area (Å²) in [6, 6.07) is 5.35. The van der Waals surface area contributed by atoms with E-state index < -0.39 is 5.91 Å². The average molecular weight is 282 g/mol. The molecule has 1 amide bonds. The highest BCUT2D eigenvalue weighted by Gasteiger charge is 2.14. The number of nitrogens with two attached hydrogens (primary N) is 1. The second-order valence-corrected chi connectivity index (χ2v) is 4.14. The van der Waals surface area contributed by atoms with Gasteiger partial charge in [-0.2, -0.15) is 5.10 Å². The Labute approximate surface area is 99.3 Å². The second kappa shape index (κ2) is 4.05. The van der Waals surface area contributed by atoms with Crippen LogP contribution in [0, 0.1) is 0 Å². The van der Waals surface area contributed by atoms with Crippen LogP contribution in [0.15, 0.2) is 22.7 Å². The smallest absolute Gasteiger partial charge is 0.269 e. The van der Waals surface area contributed by atoms with Crippen molar-refractivity contribution in [3.63, 3.8) is 0 Å². The van der Waals surface area contributed by atoms with Gasteiger partial charge in [0.2, 0.25) is 0 Å². The summed E-state index contributed by atoms with van der Waals surface area (Å²) >= 11 is 3.31. The molecule has 0 saturated carbocycles. The summed E-state index contributed by atoms with van der Waals surface area (Å²) in [5.74, 6) is -0.604. The summed E-state index contributed by atoms with van der Waals surface area (Å²) < 4.78 is 2.28. The summed E-state index contributed by atoms with van der Waals surface area (Å²) in [4.78, 5) is 21.7. The highest BCUT2D eigenvalue weighted by molar-refractivity contribution is 9.10. The van der Waals surface area contributed by atoms with E-state index in [1.54, 1.807) is 12.1 Å². The van der Waals surface area contributed by atoms with Crippen LogP contribution in [-0.2, 0) is 11.3 Å². The fourth-order valence-electron chi connectivity index (χ4n) is 1.54. The third-order valence-corrected chi connectivity index (χ3v) is 2.69. The van der Waals surface area contributed by atoms with Gasteiger partial charge in [0, 0.05) is 9.86 Å². The van der Waals surface area contributed by atoms with E-state index in [9.17, 15) is 9.59 Å². The number of benzene rings is 1. The Morgan fingerprint density at radius 2 is 2.31 bits per heavy atom. The first-order valence-corrected chi connectivity index (χ1v) is 5.32. The zero-order chi connectivity index (χ0) is 11.7. The Hall–Kier alpha value is -1.69. The maximum Gasteiger partial charge on any atom is 0.269 e. The highest BCUT2D eigenvalue weighted by atomic mass is 79.9. The second-order valence-electron chi connectivity index (χ2n) is 3.22. The SMILES string of the molecule is NC(=O)c1nn(CC=O)c2ccc(Br)cc12. The van der Waals surface area contributed by atoms with E-state index in [4.69, 9.17) is 5.73 Å². The third kappa shape index (κ3) is 1.71. The van der Waals surface area contributed by atoms with Crippen LogP contribution in [0.3, 0.4) is 0 Å². The topological polar surface area (TPSA) is 78.0 Å². The van der Waals surface area contributed by atoms with Crippen LogP contribution in [0.25, 0.3) is 10.9 Å². The van der Waals surface area contributed by atoms with Crippen LogP contribution in [0.1, 0.15) is 10.5 Å². The van der Waals surface area contributed by atoms with Crippen LogP contribution < -0.4 is 5.73 Å². The fourth-order valence-corrected chi connectivity index (χ4v) is 1.90. The number of aldehydes is 1. The largest absolute Gasteiger partial charge is 0.364 e. The van der Waals surface area contributed by atoms with Crippen LogP contribution in [0.5, 0.6) is 0 Å². The molecule has 2 N–H and O–H groups in total. The number of halogens is 1. The van der Waals surface area contributed by atoms with Gasteiger partial charge in [-0.25, -0.2) is 0 Å². The lowest BCUT2D eigenvalue weighted by atomic mass is 10.2.